The Labute approximate surface area is 150 Å². The molecule has 0 saturated heterocycles. The zero-order valence-electron chi connectivity index (χ0n) is 14.1. The SMILES string of the molecule is CCN(O)C(=N)/C(=N\OCc1cccc(NC(=O)O)n1)c1ccccc1. The number of amides is 1. The van der Waals surface area contributed by atoms with Crippen LogP contribution in [0.15, 0.2) is 53.7 Å². The van der Waals surface area contributed by atoms with Crippen LogP contribution in [-0.4, -0.2) is 44.5 Å². The van der Waals surface area contributed by atoms with Gasteiger partial charge in [0.2, 0.25) is 0 Å². The van der Waals surface area contributed by atoms with E-state index >= 15 is 0 Å². The van der Waals surface area contributed by atoms with Crippen LogP contribution < -0.4 is 5.32 Å². The van der Waals surface area contributed by atoms with Crippen molar-refractivity contribution in [2.75, 3.05) is 11.9 Å². The summed E-state index contributed by atoms with van der Waals surface area (Å²) in [6.07, 6.45) is -1.21. The molecule has 9 nitrogen and oxygen atoms in total. The Bertz CT molecular complexity index is 795. The van der Waals surface area contributed by atoms with Crippen LogP contribution in [0.5, 0.6) is 0 Å². The van der Waals surface area contributed by atoms with Crippen molar-refractivity contribution >= 4 is 23.5 Å². The number of likely N-dealkylation sites (N-methyl/N-ethyl adjacent to an activating group) is 1. The van der Waals surface area contributed by atoms with Gasteiger partial charge in [-0.2, -0.15) is 0 Å². The van der Waals surface area contributed by atoms with E-state index in [0.29, 0.717) is 11.3 Å². The van der Waals surface area contributed by atoms with Crippen molar-refractivity contribution in [2.24, 2.45) is 5.16 Å². The first kappa shape index (κ1) is 18.9. The van der Waals surface area contributed by atoms with Crippen molar-refractivity contribution in [3.8, 4) is 0 Å². The van der Waals surface area contributed by atoms with E-state index in [0.717, 1.165) is 5.06 Å². The number of anilines is 1. The second-order valence-electron chi connectivity index (χ2n) is 5.09. The Morgan fingerprint density at radius 2 is 2.00 bits per heavy atom. The molecule has 26 heavy (non-hydrogen) atoms. The molecule has 136 valence electrons. The highest BCUT2D eigenvalue weighted by molar-refractivity contribution is 6.45. The van der Waals surface area contributed by atoms with Gasteiger partial charge in [0.1, 0.15) is 5.82 Å². The topological polar surface area (TPSA) is 131 Å². The van der Waals surface area contributed by atoms with Crippen LogP contribution in [0.4, 0.5) is 10.6 Å². The number of carboxylic acid groups (broad SMARTS) is 1. The van der Waals surface area contributed by atoms with Gasteiger partial charge in [-0.3, -0.25) is 15.9 Å². The van der Waals surface area contributed by atoms with E-state index in [1.807, 2.05) is 6.07 Å². The molecule has 1 aromatic carbocycles. The van der Waals surface area contributed by atoms with Crippen molar-refractivity contribution in [3.63, 3.8) is 0 Å². The third-order valence-corrected chi connectivity index (χ3v) is 3.24. The number of benzene rings is 1. The summed E-state index contributed by atoms with van der Waals surface area (Å²) in [4.78, 5) is 20.0. The molecular weight excluding hydrogens is 338 g/mol. The Kier molecular flexibility index (Phi) is 6.63. The summed E-state index contributed by atoms with van der Waals surface area (Å²) >= 11 is 0. The van der Waals surface area contributed by atoms with Gasteiger partial charge in [-0.25, -0.2) is 14.8 Å². The average molecular weight is 357 g/mol. The summed E-state index contributed by atoms with van der Waals surface area (Å²) < 4.78 is 0. The van der Waals surface area contributed by atoms with E-state index in [2.05, 4.69) is 15.5 Å². The quantitative estimate of drug-likeness (QED) is 0.342. The van der Waals surface area contributed by atoms with E-state index in [1.165, 1.54) is 6.07 Å². The Morgan fingerprint density at radius 3 is 2.65 bits per heavy atom. The Morgan fingerprint density at radius 1 is 1.27 bits per heavy atom. The van der Waals surface area contributed by atoms with Gasteiger partial charge in [0.05, 0.1) is 5.69 Å². The van der Waals surface area contributed by atoms with Crippen LogP contribution in [0.25, 0.3) is 0 Å². The molecule has 1 aromatic heterocycles. The van der Waals surface area contributed by atoms with Gasteiger partial charge in [-0.1, -0.05) is 41.6 Å². The third kappa shape index (κ3) is 5.28. The molecule has 1 heterocycles. The number of nitrogens with zero attached hydrogens (tertiary/aromatic N) is 3. The molecule has 0 saturated carbocycles. The lowest BCUT2D eigenvalue weighted by Gasteiger charge is -2.16. The van der Waals surface area contributed by atoms with E-state index in [4.69, 9.17) is 15.4 Å². The molecule has 0 aliphatic heterocycles. The molecular formula is C17H19N5O4. The first-order valence-electron chi connectivity index (χ1n) is 7.77. The first-order chi connectivity index (χ1) is 12.5. The number of hydrogen-bond acceptors (Lipinski definition) is 6. The zero-order chi connectivity index (χ0) is 18.9. The number of nitrogens with one attached hydrogen (secondary N) is 2. The molecule has 2 rings (SSSR count). The normalized spacial score (nSPS) is 10.9. The molecule has 0 radical (unpaired) electrons. The molecule has 4 N–H and O–H groups in total. The molecule has 0 spiro atoms. The lowest BCUT2D eigenvalue weighted by atomic mass is 10.1. The summed E-state index contributed by atoms with van der Waals surface area (Å²) in [5.41, 5.74) is 1.23. The molecule has 0 fully saturated rings. The number of rotatable bonds is 7. The fourth-order valence-electron chi connectivity index (χ4n) is 2.01. The van der Waals surface area contributed by atoms with Crippen LogP contribution in [0.1, 0.15) is 18.2 Å². The van der Waals surface area contributed by atoms with Gasteiger partial charge in [-0.05, 0) is 19.1 Å². The molecule has 2 aromatic rings. The van der Waals surface area contributed by atoms with Crippen molar-refractivity contribution in [3.05, 3.63) is 59.8 Å². The standard InChI is InChI=1S/C17H19N5O4/c1-2-22(25)16(18)15(12-7-4-3-5-8-12)21-26-11-13-9-6-10-14(19-13)20-17(23)24/h3-10,18,25H,2,11H2,1H3,(H,19,20)(H,23,24)/b18-16?,21-15-. The van der Waals surface area contributed by atoms with Gasteiger partial charge in [0, 0.05) is 12.1 Å². The second-order valence-corrected chi connectivity index (χ2v) is 5.09. The molecule has 0 bridgehead atoms. The van der Waals surface area contributed by atoms with Crippen LogP contribution >= 0.6 is 0 Å². The van der Waals surface area contributed by atoms with Crippen LogP contribution in [0.3, 0.4) is 0 Å². The summed E-state index contributed by atoms with van der Waals surface area (Å²) in [6.45, 7) is 1.88. The predicted octanol–water partition coefficient (Wildman–Crippen LogP) is 2.78. The van der Waals surface area contributed by atoms with Crippen molar-refractivity contribution < 1.29 is 19.9 Å². The monoisotopic (exact) mass is 357 g/mol. The van der Waals surface area contributed by atoms with Crippen LogP contribution in [0, 0.1) is 5.41 Å². The molecule has 9 heteroatoms. The minimum atomic E-state index is -1.21. The lowest BCUT2D eigenvalue weighted by Crippen LogP contribution is -2.33. The number of hydrogen-bond donors (Lipinski definition) is 4. The number of carbonyl (C=O) groups is 1. The smallest absolute Gasteiger partial charge is 0.410 e. The number of oxime groups is 1. The van der Waals surface area contributed by atoms with Gasteiger partial charge in [0.25, 0.3) is 0 Å². The summed E-state index contributed by atoms with van der Waals surface area (Å²) in [5, 5.41) is 33.4. The van der Waals surface area contributed by atoms with Crippen LogP contribution in [0.2, 0.25) is 0 Å². The van der Waals surface area contributed by atoms with Crippen molar-refractivity contribution in [1.82, 2.24) is 10.0 Å². The number of aromatic nitrogens is 1. The average Bonchev–Trinajstić information content (AvgIpc) is 2.64. The highest BCUT2D eigenvalue weighted by Gasteiger charge is 2.16. The zero-order valence-corrected chi connectivity index (χ0v) is 14.1. The number of pyridine rings is 1. The highest BCUT2D eigenvalue weighted by Crippen LogP contribution is 2.08. The van der Waals surface area contributed by atoms with Gasteiger partial charge in [-0.15, -0.1) is 0 Å². The Hall–Kier alpha value is -3.46. The van der Waals surface area contributed by atoms with Gasteiger partial charge >= 0.3 is 6.09 Å². The minimum absolute atomic E-state index is 0.0314. The van der Waals surface area contributed by atoms with E-state index in [1.54, 1.807) is 43.3 Å². The summed E-state index contributed by atoms with van der Waals surface area (Å²) in [6, 6.07) is 13.7. The summed E-state index contributed by atoms with van der Waals surface area (Å²) in [7, 11) is 0. The molecule has 0 atom stereocenters. The molecule has 1 amide bonds. The molecule has 0 unspecified atom stereocenters. The molecule has 0 aliphatic rings. The van der Waals surface area contributed by atoms with Crippen LogP contribution in [-0.2, 0) is 11.4 Å². The van der Waals surface area contributed by atoms with Gasteiger partial charge < -0.3 is 9.94 Å². The third-order valence-electron chi connectivity index (χ3n) is 3.24. The Balaban J connectivity index is 2.15. The van der Waals surface area contributed by atoms with Gasteiger partial charge in [0.15, 0.2) is 18.2 Å². The fraction of sp³-hybridized carbons (Fsp3) is 0.176. The van der Waals surface area contributed by atoms with Crippen molar-refractivity contribution in [2.45, 2.75) is 13.5 Å². The maximum atomic E-state index is 10.7. The maximum absolute atomic E-state index is 10.7. The number of amidine groups is 1. The molecule has 0 aliphatic carbocycles. The van der Waals surface area contributed by atoms with E-state index in [-0.39, 0.29) is 30.5 Å². The van der Waals surface area contributed by atoms with E-state index < -0.39 is 6.09 Å². The number of hydroxylamine groups is 2. The second kappa shape index (κ2) is 9.14. The summed E-state index contributed by atoms with van der Waals surface area (Å²) in [5.74, 6) is -0.0286. The van der Waals surface area contributed by atoms with E-state index in [9.17, 15) is 10.0 Å². The highest BCUT2D eigenvalue weighted by atomic mass is 16.6. The maximum Gasteiger partial charge on any atom is 0.410 e. The predicted molar refractivity (Wildman–Crippen MR) is 95.5 cm³/mol. The largest absolute Gasteiger partial charge is 0.465 e. The lowest BCUT2D eigenvalue weighted by molar-refractivity contribution is -0.00792. The minimum Gasteiger partial charge on any atom is -0.465 e. The van der Waals surface area contributed by atoms with Crippen molar-refractivity contribution in [1.29, 1.82) is 5.41 Å². The first-order valence-corrected chi connectivity index (χ1v) is 7.77. The fourth-order valence-corrected chi connectivity index (χ4v) is 2.01.